The molecule has 0 fully saturated rings. The highest BCUT2D eigenvalue weighted by atomic mass is 16.2. The average molecular weight is 301 g/mol. The fourth-order valence-corrected chi connectivity index (χ4v) is 2.50. The summed E-state index contributed by atoms with van der Waals surface area (Å²) in [6, 6.07) is 8.26. The van der Waals surface area contributed by atoms with Crippen molar-refractivity contribution in [3.63, 3.8) is 0 Å². The van der Waals surface area contributed by atoms with Gasteiger partial charge >= 0.3 is 5.69 Å². The van der Waals surface area contributed by atoms with Crippen molar-refractivity contribution in [2.75, 3.05) is 14.1 Å². The lowest BCUT2D eigenvalue weighted by atomic mass is 10.0. The fourth-order valence-electron chi connectivity index (χ4n) is 2.50. The molecule has 0 spiro atoms. The SMILES string of the molecule is Cc1c(-c2ccc([C@H](C)N(C)C)cc2)c(=O)n(C)c(=O)n1C. The Balaban J connectivity index is 2.59. The maximum atomic E-state index is 12.4. The van der Waals surface area contributed by atoms with E-state index in [1.54, 1.807) is 14.0 Å². The Morgan fingerprint density at radius 1 is 1.00 bits per heavy atom. The molecule has 118 valence electrons. The summed E-state index contributed by atoms with van der Waals surface area (Å²) in [4.78, 5) is 26.5. The van der Waals surface area contributed by atoms with Crippen molar-refractivity contribution in [3.8, 4) is 11.1 Å². The second-order valence-electron chi connectivity index (χ2n) is 5.93. The second kappa shape index (κ2) is 5.93. The average Bonchev–Trinajstić information content (AvgIpc) is 2.51. The molecule has 5 nitrogen and oxygen atoms in total. The van der Waals surface area contributed by atoms with Gasteiger partial charge in [-0.05, 0) is 39.1 Å². The standard InChI is InChI=1S/C17H23N3O2/c1-11(18(3)4)13-7-9-14(10-8-13)15-12(2)19(5)17(22)20(6)16(15)21/h7-11H,1-6H3/t11-/m0/s1. The molecular weight excluding hydrogens is 278 g/mol. The predicted octanol–water partition coefficient (Wildman–Crippen LogP) is 1.68. The Hall–Kier alpha value is -2.14. The molecule has 0 radical (unpaired) electrons. The van der Waals surface area contributed by atoms with Crippen LogP contribution in [0.3, 0.4) is 0 Å². The van der Waals surface area contributed by atoms with Gasteiger partial charge in [0.15, 0.2) is 0 Å². The minimum Gasteiger partial charge on any atom is -0.303 e. The van der Waals surface area contributed by atoms with E-state index in [0.717, 1.165) is 10.1 Å². The molecule has 0 N–H and O–H groups in total. The van der Waals surface area contributed by atoms with Crippen molar-refractivity contribution in [1.82, 2.24) is 14.0 Å². The van der Waals surface area contributed by atoms with E-state index in [1.807, 2.05) is 38.4 Å². The number of hydrogen-bond acceptors (Lipinski definition) is 3. The van der Waals surface area contributed by atoms with Crippen LogP contribution in [0.2, 0.25) is 0 Å². The normalized spacial score (nSPS) is 12.7. The van der Waals surface area contributed by atoms with Crippen LogP contribution >= 0.6 is 0 Å². The number of rotatable bonds is 3. The van der Waals surface area contributed by atoms with E-state index in [1.165, 1.54) is 17.2 Å². The van der Waals surface area contributed by atoms with Crippen molar-refractivity contribution in [2.45, 2.75) is 19.9 Å². The topological polar surface area (TPSA) is 47.2 Å². The zero-order chi connectivity index (χ0) is 16.6. The van der Waals surface area contributed by atoms with Crippen LogP contribution < -0.4 is 11.2 Å². The molecule has 0 bridgehead atoms. The number of hydrogen-bond donors (Lipinski definition) is 0. The molecule has 0 saturated carbocycles. The molecule has 0 unspecified atom stereocenters. The van der Waals surface area contributed by atoms with Crippen molar-refractivity contribution < 1.29 is 0 Å². The molecule has 1 atom stereocenters. The summed E-state index contributed by atoms with van der Waals surface area (Å²) in [6.45, 7) is 3.93. The van der Waals surface area contributed by atoms with E-state index in [-0.39, 0.29) is 11.2 Å². The van der Waals surface area contributed by atoms with Crippen LogP contribution in [0.1, 0.15) is 24.2 Å². The van der Waals surface area contributed by atoms with E-state index < -0.39 is 0 Å². The van der Waals surface area contributed by atoms with Gasteiger partial charge in [0.1, 0.15) is 0 Å². The number of nitrogens with zero attached hydrogens (tertiary/aromatic N) is 3. The van der Waals surface area contributed by atoms with Gasteiger partial charge in [0, 0.05) is 25.8 Å². The van der Waals surface area contributed by atoms with Crippen LogP contribution in [-0.4, -0.2) is 28.1 Å². The first-order chi connectivity index (χ1) is 10.3. The van der Waals surface area contributed by atoms with Crippen LogP contribution in [-0.2, 0) is 14.1 Å². The van der Waals surface area contributed by atoms with E-state index in [0.29, 0.717) is 17.3 Å². The van der Waals surface area contributed by atoms with Gasteiger partial charge in [-0.2, -0.15) is 0 Å². The second-order valence-corrected chi connectivity index (χ2v) is 5.93. The van der Waals surface area contributed by atoms with Crippen LogP contribution in [0.25, 0.3) is 11.1 Å². The molecule has 5 heteroatoms. The quantitative estimate of drug-likeness (QED) is 0.866. The lowest BCUT2D eigenvalue weighted by molar-refractivity contribution is 0.321. The zero-order valence-corrected chi connectivity index (χ0v) is 14.0. The van der Waals surface area contributed by atoms with Crippen LogP contribution in [0.5, 0.6) is 0 Å². The first-order valence-electron chi connectivity index (χ1n) is 7.29. The zero-order valence-electron chi connectivity index (χ0n) is 14.0. The third kappa shape index (κ3) is 2.64. The Morgan fingerprint density at radius 3 is 2.05 bits per heavy atom. The summed E-state index contributed by atoms with van der Waals surface area (Å²) in [5.74, 6) is 0. The Bertz CT molecular complexity index is 798. The lowest BCUT2D eigenvalue weighted by Crippen LogP contribution is -2.39. The molecule has 0 amide bonds. The van der Waals surface area contributed by atoms with Gasteiger partial charge in [0.05, 0.1) is 5.56 Å². The van der Waals surface area contributed by atoms with Gasteiger partial charge < -0.3 is 9.47 Å². The van der Waals surface area contributed by atoms with Gasteiger partial charge in [-0.1, -0.05) is 24.3 Å². The molecule has 2 rings (SSSR count). The van der Waals surface area contributed by atoms with Crippen molar-refractivity contribution >= 4 is 0 Å². The molecule has 0 aliphatic heterocycles. The van der Waals surface area contributed by atoms with Gasteiger partial charge in [-0.3, -0.25) is 9.36 Å². The Kier molecular flexibility index (Phi) is 4.37. The monoisotopic (exact) mass is 301 g/mol. The van der Waals surface area contributed by atoms with E-state index in [2.05, 4.69) is 11.8 Å². The molecule has 1 heterocycles. The smallest absolute Gasteiger partial charge is 0.303 e. The molecule has 1 aromatic carbocycles. The molecule has 1 aromatic heterocycles. The predicted molar refractivity (Wildman–Crippen MR) is 89.2 cm³/mol. The highest BCUT2D eigenvalue weighted by Gasteiger charge is 2.15. The fraction of sp³-hybridized carbons (Fsp3) is 0.412. The molecule has 22 heavy (non-hydrogen) atoms. The third-order valence-corrected chi connectivity index (χ3v) is 4.41. The molecule has 2 aromatic rings. The first kappa shape index (κ1) is 16.2. The summed E-state index contributed by atoms with van der Waals surface area (Å²) >= 11 is 0. The largest absolute Gasteiger partial charge is 0.330 e. The summed E-state index contributed by atoms with van der Waals surface area (Å²) in [6.07, 6.45) is 0. The van der Waals surface area contributed by atoms with Gasteiger partial charge in [0.2, 0.25) is 0 Å². The van der Waals surface area contributed by atoms with E-state index in [4.69, 9.17) is 0 Å². The summed E-state index contributed by atoms with van der Waals surface area (Å²) in [7, 11) is 7.26. The Labute approximate surface area is 130 Å². The summed E-state index contributed by atoms with van der Waals surface area (Å²) < 4.78 is 2.66. The maximum Gasteiger partial charge on any atom is 0.330 e. The van der Waals surface area contributed by atoms with Crippen LogP contribution in [0, 0.1) is 6.92 Å². The minimum atomic E-state index is -0.302. The van der Waals surface area contributed by atoms with Gasteiger partial charge in [-0.15, -0.1) is 0 Å². The Morgan fingerprint density at radius 2 is 1.55 bits per heavy atom. The number of benzene rings is 1. The molecular formula is C17H23N3O2. The van der Waals surface area contributed by atoms with Crippen molar-refractivity contribution in [2.24, 2.45) is 14.1 Å². The van der Waals surface area contributed by atoms with E-state index in [9.17, 15) is 9.59 Å². The third-order valence-electron chi connectivity index (χ3n) is 4.41. The van der Waals surface area contributed by atoms with Gasteiger partial charge in [-0.25, -0.2) is 4.79 Å². The maximum absolute atomic E-state index is 12.4. The van der Waals surface area contributed by atoms with E-state index >= 15 is 0 Å². The molecule has 0 aliphatic carbocycles. The highest BCUT2D eigenvalue weighted by molar-refractivity contribution is 5.65. The van der Waals surface area contributed by atoms with Gasteiger partial charge in [0.25, 0.3) is 5.56 Å². The first-order valence-corrected chi connectivity index (χ1v) is 7.29. The van der Waals surface area contributed by atoms with Crippen molar-refractivity contribution in [3.05, 3.63) is 56.4 Å². The van der Waals surface area contributed by atoms with Crippen molar-refractivity contribution in [1.29, 1.82) is 0 Å². The van der Waals surface area contributed by atoms with Crippen LogP contribution in [0.4, 0.5) is 0 Å². The highest BCUT2D eigenvalue weighted by Crippen LogP contribution is 2.23. The summed E-state index contributed by atoms with van der Waals surface area (Å²) in [5, 5.41) is 0. The molecule has 0 aliphatic rings. The lowest BCUT2D eigenvalue weighted by Gasteiger charge is -2.20. The van der Waals surface area contributed by atoms with Crippen LogP contribution in [0.15, 0.2) is 33.9 Å². The number of aromatic nitrogens is 2. The summed E-state index contributed by atoms with van der Waals surface area (Å²) in [5.41, 5.74) is 2.73. The molecule has 0 saturated heterocycles. The minimum absolute atomic E-state index is 0.256.